The third-order valence-electron chi connectivity index (χ3n) is 8.57. The third kappa shape index (κ3) is 5.54. The number of morpholine rings is 1. The highest BCUT2D eigenvalue weighted by molar-refractivity contribution is 7.92. The highest BCUT2D eigenvalue weighted by Crippen LogP contribution is 2.56. The van der Waals surface area contributed by atoms with Gasteiger partial charge in [-0.25, -0.2) is 17.8 Å². The molecule has 43 heavy (non-hydrogen) atoms. The van der Waals surface area contributed by atoms with Crippen LogP contribution in [-0.4, -0.2) is 94.0 Å². The van der Waals surface area contributed by atoms with Crippen LogP contribution in [0.5, 0.6) is 5.88 Å². The Hall–Kier alpha value is -3.39. The Balaban J connectivity index is 1.39. The predicted octanol–water partition coefficient (Wildman–Crippen LogP) is 2.89. The zero-order valence-corrected chi connectivity index (χ0v) is 25.6. The summed E-state index contributed by atoms with van der Waals surface area (Å²) in [5, 5.41) is 3.93. The molecule has 3 aromatic rings. The van der Waals surface area contributed by atoms with Crippen LogP contribution in [0.4, 0.5) is 15.8 Å². The zero-order valence-electron chi connectivity index (χ0n) is 24.8. The third-order valence-corrected chi connectivity index (χ3v) is 9.16. The summed E-state index contributed by atoms with van der Waals surface area (Å²) in [6.45, 7) is 7.88. The second-order valence-corrected chi connectivity index (χ2v) is 13.7. The number of pyridine rings is 2. The second kappa shape index (κ2) is 11.3. The van der Waals surface area contributed by atoms with Crippen molar-refractivity contribution in [3.8, 4) is 17.0 Å². The number of hydrogen-bond acceptors (Lipinski definition) is 9. The Kier molecular flexibility index (Phi) is 7.78. The van der Waals surface area contributed by atoms with Crippen molar-refractivity contribution in [1.29, 1.82) is 0 Å². The molecule has 1 aliphatic carbocycles. The van der Waals surface area contributed by atoms with E-state index in [1.54, 1.807) is 24.2 Å². The van der Waals surface area contributed by atoms with Gasteiger partial charge in [-0.15, -0.1) is 0 Å². The molecular weight excluding hydrogens is 575 g/mol. The summed E-state index contributed by atoms with van der Waals surface area (Å²) in [6, 6.07) is 5.13. The fourth-order valence-corrected chi connectivity index (χ4v) is 7.07. The first-order valence-electron chi connectivity index (χ1n) is 14.5. The number of nitrogens with zero attached hydrogens (tertiary/aromatic N) is 4. The Labute approximate surface area is 250 Å². The minimum absolute atomic E-state index is 0.0296. The molecule has 1 saturated heterocycles. The summed E-state index contributed by atoms with van der Waals surface area (Å²) in [5.41, 5.74) is 2.05. The number of sulfonamides is 1. The molecule has 2 fully saturated rings. The lowest BCUT2D eigenvalue weighted by atomic mass is 9.61. The number of ether oxygens (including phenoxy) is 2. The van der Waals surface area contributed by atoms with Gasteiger partial charge in [0.25, 0.3) is 0 Å². The highest BCUT2D eigenvalue weighted by atomic mass is 32.2. The number of rotatable bonds is 9. The van der Waals surface area contributed by atoms with Crippen molar-refractivity contribution in [3.63, 3.8) is 0 Å². The minimum atomic E-state index is -3.68. The molecule has 1 saturated carbocycles. The van der Waals surface area contributed by atoms with Crippen LogP contribution >= 0.6 is 0 Å². The Morgan fingerprint density at radius 3 is 2.60 bits per heavy atom. The quantitative estimate of drug-likeness (QED) is 0.351. The monoisotopic (exact) mass is 612 g/mol. The van der Waals surface area contributed by atoms with Gasteiger partial charge in [0.2, 0.25) is 21.8 Å². The van der Waals surface area contributed by atoms with E-state index in [2.05, 4.69) is 24.9 Å². The van der Waals surface area contributed by atoms with Crippen LogP contribution in [0.2, 0.25) is 0 Å². The van der Waals surface area contributed by atoms with Crippen LogP contribution in [0.1, 0.15) is 32.3 Å². The maximum atomic E-state index is 15.7. The molecule has 2 N–H and O–H groups in total. The summed E-state index contributed by atoms with van der Waals surface area (Å²) in [7, 11) is -1.92. The van der Waals surface area contributed by atoms with E-state index in [1.165, 1.54) is 18.3 Å². The minimum Gasteiger partial charge on any atom is -0.475 e. The van der Waals surface area contributed by atoms with Gasteiger partial charge in [-0.1, -0.05) is 13.8 Å². The molecule has 0 radical (unpaired) electrons. The smallest absolute Gasteiger partial charge is 0.238 e. The molecule has 1 amide bonds. The topological polar surface area (TPSA) is 126 Å². The van der Waals surface area contributed by atoms with Crippen molar-refractivity contribution in [2.45, 2.75) is 44.2 Å². The van der Waals surface area contributed by atoms with Crippen molar-refractivity contribution in [1.82, 2.24) is 20.2 Å². The van der Waals surface area contributed by atoms with Gasteiger partial charge in [-0.2, -0.15) is 0 Å². The maximum Gasteiger partial charge on any atom is 0.238 e. The van der Waals surface area contributed by atoms with Crippen molar-refractivity contribution < 1.29 is 27.1 Å². The molecule has 1 aromatic carbocycles. The normalized spacial score (nSPS) is 22.3. The summed E-state index contributed by atoms with van der Waals surface area (Å²) in [6.07, 6.45) is 5.50. The van der Waals surface area contributed by atoms with Crippen molar-refractivity contribution in [3.05, 3.63) is 42.0 Å². The van der Waals surface area contributed by atoms with Gasteiger partial charge in [-0.05, 0) is 25.0 Å². The highest BCUT2D eigenvalue weighted by Gasteiger charge is 2.59. The molecule has 13 heteroatoms. The SMILES string of the molecule is CC(C)NCCOc1ncc(-c2cc3c4c(cnc3cc2F)N(C)C(=O)C42CC(N3CCOCC3)C2)cc1NS(C)(=O)=O. The first-order chi connectivity index (χ1) is 20.5. The van der Waals surface area contributed by atoms with E-state index >= 15 is 4.39 Å². The van der Waals surface area contributed by atoms with Gasteiger partial charge in [0.15, 0.2) is 0 Å². The number of benzene rings is 1. The average Bonchev–Trinajstić information content (AvgIpc) is 3.16. The fraction of sp³-hybridized carbons (Fsp3) is 0.500. The molecule has 2 aromatic heterocycles. The molecule has 0 atom stereocenters. The number of amides is 1. The molecule has 2 aliphatic heterocycles. The lowest BCUT2D eigenvalue weighted by Gasteiger charge is -2.50. The fourth-order valence-electron chi connectivity index (χ4n) is 6.53. The van der Waals surface area contributed by atoms with E-state index in [-0.39, 0.29) is 41.7 Å². The van der Waals surface area contributed by atoms with Crippen LogP contribution in [0.15, 0.2) is 30.6 Å². The van der Waals surface area contributed by atoms with E-state index < -0.39 is 21.3 Å². The standard InChI is InChI=1S/C30H37FN6O5S/c1-18(2)32-5-8-42-28-25(35-43(4,39)40)11-19(16-34-28)21-12-22-24(13-23(21)31)33-17-26-27(22)30(29(38)36(26)3)14-20(15-30)37-6-9-41-10-7-37/h11-13,16-18,20,32,35H,5-10,14-15H2,1-4H3. The van der Waals surface area contributed by atoms with Crippen LogP contribution in [-0.2, 0) is 25.0 Å². The molecule has 11 nitrogen and oxygen atoms in total. The maximum absolute atomic E-state index is 15.7. The van der Waals surface area contributed by atoms with Crippen molar-refractivity contribution >= 4 is 38.2 Å². The number of nitrogens with one attached hydrogen (secondary N) is 2. The molecule has 3 aliphatic rings. The van der Waals surface area contributed by atoms with Crippen LogP contribution in [0.25, 0.3) is 22.0 Å². The largest absolute Gasteiger partial charge is 0.475 e. The number of anilines is 2. The van der Waals surface area contributed by atoms with Gasteiger partial charge in [0, 0.05) is 73.1 Å². The average molecular weight is 613 g/mol. The second-order valence-electron chi connectivity index (χ2n) is 11.9. The van der Waals surface area contributed by atoms with Crippen LogP contribution in [0.3, 0.4) is 0 Å². The summed E-state index contributed by atoms with van der Waals surface area (Å²) < 4.78 is 53.7. The number of halogens is 1. The molecule has 0 unspecified atom stereocenters. The van der Waals surface area contributed by atoms with Gasteiger partial charge >= 0.3 is 0 Å². The number of fused-ring (bicyclic) bond motifs is 4. The number of aromatic nitrogens is 2. The first kappa shape index (κ1) is 29.7. The summed E-state index contributed by atoms with van der Waals surface area (Å²) in [4.78, 5) is 26.6. The zero-order chi connectivity index (χ0) is 30.5. The number of carbonyl (C=O) groups is 1. The molecule has 1 spiro atoms. The van der Waals surface area contributed by atoms with Crippen LogP contribution in [0, 0.1) is 5.82 Å². The van der Waals surface area contributed by atoms with E-state index in [0.717, 1.165) is 30.6 Å². The number of likely N-dealkylation sites (N-methyl/N-ethyl adjacent to an activating group) is 1. The van der Waals surface area contributed by atoms with E-state index in [1.807, 2.05) is 13.8 Å². The van der Waals surface area contributed by atoms with Crippen LogP contribution < -0.4 is 19.7 Å². The van der Waals surface area contributed by atoms with Crippen molar-refractivity contribution in [2.75, 3.05) is 62.4 Å². The van der Waals surface area contributed by atoms with Gasteiger partial charge in [0.1, 0.15) is 18.1 Å². The Morgan fingerprint density at radius 1 is 1.16 bits per heavy atom. The van der Waals surface area contributed by atoms with Gasteiger partial charge in [-0.3, -0.25) is 19.4 Å². The summed E-state index contributed by atoms with van der Waals surface area (Å²) in [5.74, 6) is -0.409. The lowest BCUT2D eigenvalue weighted by molar-refractivity contribution is -0.129. The number of carbonyl (C=O) groups excluding carboxylic acids is 1. The first-order valence-corrected chi connectivity index (χ1v) is 16.4. The predicted molar refractivity (Wildman–Crippen MR) is 163 cm³/mol. The number of hydrogen-bond donors (Lipinski definition) is 2. The van der Waals surface area contributed by atoms with E-state index in [4.69, 9.17) is 9.47 Å². The molecule has 230 valence electrons. The van der Waals surface area contributed by atoms with E-state index in [0.29, 0.717) is 49.1 Å². The molecule has 4 heterocycles. The van der Waals surface area contributed by atoms with Gasteiger partial charge < -0.3 is 19.7 Å². The molecule has 0 bridgehead atoms. The Bertz CT molecular complexity index is 1670. The van der Waals surface area contributed by atoms with Crippen molar-refractivity contribution in [2.24, 2.45) is 0 Å². The van der Waals surface area contributed by atoms with Gasteiger partial charge in [0.05, 0.1) is 42.3 Å². The molecular formula is C30H37FN6O5S. The lowest BCUT2D eigenvalue weighted by Crippen LogP contribution is -2.59. The molecule has 6 rings (SSSR count). The Morgan fingerprint density at radius 2 is 1.91 bits per heavy atom. The van der Waals surface area contributed by atoms with E-state index in [9.17, 15) is 13.2 Å². The summed E-state index contributed by atoms with van der Waals surface area (Å²) >= 11 is 0.